The first kappa shape index (κ1) is 18.9. The highest BCUT2D eigenvalue weighted by atomic mass is 15.1. The first-order valence-corrected chi connectivity index (χ1v) is 9.19. The highest BCUT2D eigenvalue weighted by molar-refractivity contribution is 4.86. The third kappa shape index (κ3) is 7.62. The van der Waals surface area contributed by atoms with Gasteiger partial charge in [0.1, 0.15) is 0 Å². The molecular formula is C18H39N3. The van der Waals surface area contributed by atoms with Crippen LogP contribution in [0.4, 0.5) is 0 Å². The normalized spacial score (nSPS) is 19.1. The van der Waals surface area contributed by atoms with Crippen LogP contribution in [0.5, 0.6) is 0 Å². The van der Waals surface area contributed by atoms with Crippen LogP contribution in [0.15, 0.2) is 0 Å². The molecule has 3 nitrogen and oxygen atoms in total. The second kappa shape index (κ2) is 10.6. The van der Waals surface area contributed by atoms with Crippen LogP contribution < -0.4 is 5.32 Å². The molecule has 3 heteroatoms. The Morgan fingerprint density at radius 2 is 1.62 bits per heavy atom. The van der Waals surface area contributed by atoms with Crippen molar-refractivity contribution in [1.29, 1.82) is 0 Å². The number of nitrogens with one attached hydrogen (secondary N) is 1. The molecular weight excluding hydrogens is 258 g/mol. The summed E-state index contributed by atoms with van der Waals surface area (Å²) in [6.07, 6.45) is 9.88. The highest BCUT2D eigenvalue weighted by Crippen LogP contribution is 2.35. The van der Waals surface area contributed by atoms with E-state index in [9.17, 15) is 0 Å². The summed E-state index contributed by atoms with van der Waals surface area (Å²) in [5.41, 5.74) is 0.528. The minimum absolute atomic E-state index is 0.528. The van der Waals surface area contributed by atoms with Crippen molar-refractivity contribution in [1.82, 2.24) is 15.1 Å². The van der Waals surface area contributed by atoms with Crippen LogP contribution in [0.2, 0.25) is 0 Å². The van der Waals surface area contributed by atoms with Crippen LogP contribution in [0, 0.1) is 5.41 Å². The summed E-state index contributed by atoms with van der Waals surface area (Å²) in [5, 5.41) is 3.66. The summed E-state index contributed by atoms with van der Waals surface area (Å²) < 4.78 is 0. The van der Waals surface area contributed by atoms with E-state index in [4.69, 9.17) is 0 Å². The third-order valence-electron chi connectivity index (χ3n) is 5.00. The van der Waals surface area contributed by atoms with Crippen molar-refractivity contribution in [2.45, 2.75) is 58.8 Å². The van der Waals surface area contributed by atoms with Gasteiger partial charge in [0.05, 0.1) is 0 Å². The van der Waals surface area contributed by atoms with Gasteiger partial charge in [-0.05, 0) is 65.0 Å². The molecule has 0 spiro atoms. The van der Waals surface area contributed by atoms with E-state index in [0.717, 1.165) is 6.54 Å². The fourth-order valence-electron chi connectivity index (χ4n) is 3.69. The number of hydrogen-bond acceptors (Lipinski definition) is 3. The average molecular weight is 298 g/mol. The molecule has 1 aliphatic rings. The maximum absolute atomic E-state index is 3.66. The van der Waals surface area contributed by atoms with Crippen molar-refractivity contribution in [3.8, 4) is 0 Å². The van der Waals surface area contributed by atoms with Crippen LogP contribution in [0.1, 0.15) is 58.8 Å². The van der Waals surface area contributed by atoms with E-state index in [1.165, 1.54) is 77.7 Å². The Balaban J connectivity index is 2.54. The number of hydrogen-bond donors (Lipinski definition) is 1. The minimum Gasteiger partial charge on any atom is -0.316 e. The van der Waals surface area contributed by atoms with Crippen molar-refractivity contribution in [2.24, 2.45) is 5.41 Å². The van der Waals surface area contributed by atoms with Crippen LogP contribution in [0.3, 0.4) is 0 Å². The largest absolute Gasteiger partial charge is 0.316 e. The molecule has 1 rings (SSSR count). The van der Waals surface area contributed by atoms with Crippen molar-refractivity contribution in [3.63, 3.8) is 0 Å². The van der Waals surface area contributed by atoms with Gasteiger partial charge in [-0.15, -0.1) is 0 Å². The van der Waals surface area contributed by atoms with E-state index in [0.29, 0.717) is 5.41 Å². The molecule has 1 N–H and O–H groups in total. The molecule has 126 valence electrons. The second-order valence-corrected chi connectivity index (χ2v) is 7.22. The van der Waals surface area contributed by atoms with Crippen LogP contribution in [-0.4, -0.2) is 63.2 Å². The van der Waals surface area contributed by atoms with Crippen molar-refractivity contribution < 1.29 is 0 Å². The van der Waals surface area contributed by atoms with Gasteiger partial charge in [-0.2, -0.15) is 0 Å². The van der Waals surface area contributed by atoms with Gasteiger partial charge in [-0.1, -0.05) is 39.5 Å². The number of rotatable bonds is 10. The topological polar surface area (TPSA) is 18.5 Å². The summed E-state index contributed by atoms with van der Waals surface area (Å²) in [5.74, 6) is 0. The predicted octanol–water partition coefficient (Wildman–Crippen LogP) is 3.21. The Morgan fingerprint density at radius 1 is 0.952 bits per heavy atom. The number of nitrogens with zero attached hydrogens (tertiary/aromatic N) is 2. The summed E-state index contributed by atoms with van der Waals surface area (Å²) in [7, 11) is 4.35. The van der Waals surface area contributed by atoms with Gasteiger partial charge < -0.3 is 15.1 Å². The lowest BCUT2D eigenvalue weighted by Crippen LogP contribution is -2.44. The minimum atomic E-state index is 0.528. The van der Waals surface area contributed by atoms with Crippen molar-refractivity contribution in [3.05, 3.63) is 0 Å². The maximum Gasteiger partial charge on any atom is 0.00500 e. The summed E-state index contributed by atoms with van der Waals surface area (Å²) in [4.78, 5) is 5.00. The lowest BCUT2D eigenvalue weighted by Gasteiger charge is -2.38. The SMILES string of the molecule is CCNCC1(CN(CC)CCCN(C)C)CCCCCC1. The molecule has 0 radical (unpaired) electrons. The first-order valence-electron chi connectivity index (χ1n) is 9.19. The van der Waals surface area contributed by atoms with Gasteiger partial charge in [0.25, 0.3) is 0 Å². The quantitative estimate of drug-likeness (QED) is 0.625. The molecule has 0 aromatic rings. The van der Waals surface area contributed by atoms with Gasteiger partial charge in [-0.3, -0.25) is 0 Å². The molecule has 1 aliphatic carbocycles. The molecule has 0 heterocycles. The van der Waals surface area contributed by atoms with E-state index in [-0.39, 0.29) is 0 Å². The van der Waals surface area contributed by atoms with Crippen molar-refractivity contribution in [2.75, 3.05) is 53.4 Å². The molecule has 1 saturated carbocycles. The average Bonchev–Trinajstić information content (AvgIpc) is 2.70. The molecule has 0 aromatic carbocycles. The molecule has 0 atom stereocenters. The van der Waals surface area contributed by atoms with Crippen LogP contribution in [-0.2, 0) is 0 Å². The Kier molecular flexibility index (Phi) is 9.54. The van der Waals surface area contributed by atoms with E-state index in [2.05, 4.69) is 43.1 Å². The van der Waals surface area contributed by atoms with E-state index in [1.54, 1.807) is 0 Å². The first-order chi connectivity index (χ1) is 10.1. The van der Waals surface area contributed by atoms with Crippen LogP contribution >= 0.6 is 0 Å². The Hall–Kier alpha value is -0.120. The van der Waals surface area contributed by atoms with Gasteiger partial charge in [0.2, 0.25) is 0 Å². The molecule has 0 unspecified atom stereocenters. The fraction of sp³-hybridized carbons (Fsp3) is 1.00. The smallest absolute Gasteiger partial charge is 0.00500 e. The molecule has 0 saturated heterocycles. The summed E-state index contributed by atoms with van der Waals surface area (Å²) >= 11 is 0. The fourth-order valence-corrected chi connectivity index (χ4v) is 3.69. The lowest BCUT2D eigenvalue weighted by molar-refractivity contribution is 0.128. The Bertz CT molecular complexity index is 245. The van der Waals surface area contributed by atoms with E-state index < -0.39 is 0 Å². The molecule has 1 fully saturated rings. The Labute approximate surface area is 133 Å². The second-order valence-electron chi connectivity index (χ2n) is 7.22. The summed E-state index contributed by atoms with van der Waals surface area (Å²) in [6, 6.07) is 0. The maximum atomic E-state index is 3.66. The molecule has 0 bridgehead atoms. The van der Waals surface area contributed by atoms with E-state index >= 15 is 0 Å². The molecule has 0 aromatic heterocycles. The zero-order valence-electron chi connectivity index (χ0n) is 15.1. The molecule has 0 aliphatic heterocycles. The Morgan fingerprint density at radius 3 is 2.14 bits per heavy atom. The zero-order valence-corrected chi connectivity index (χ0v) is 15.1. The van der Waals surface area contributed by atoms with E-state index in [1.807, 2.05) is 0 Å². The van der Waals surface area contributed by atoms with Gasteiger partial charge >= 0.3 is 0 Å². The third-order valence-corrected chi connectivity index (χ3v) is 5.00. The monoisotopic (exact) mass is 297 g/mol. The summed E-state index contributed by atoms with van der Waals surface area (Å²) in [6.45, 7) is 11.8. The zero-order chi connectivity index (χ0) is 15.6. The van der Waals surface area contributed by atoms with Crippen molar-refractivity contribution >= 4 is 0 Å². The van der Waals surface area contributed by atoms with Gasteiger partial charge in [0, 0.05) is 13.1 Å². The predicted molar refractivity (Wildman–Crippen MR) is 94.0 cm³/mol. The van der Waals surface area contributed by atoms with Gasteiger partial charge in [0.15, 0.2) is 0 Å². The van der Waals surface area contributed by atoms with Gasteiger partial charge in [-0.25, -0.2) is 0 Å². The molecule has 21 heavy (non-hydrogen) atoms. The highest BCUT2D eigenvalue weighted by Gasteiger charge is 2.32. The standard InChI is InChI=1S/C18H39N3/c1-5-19-16-18(12-9-7-8-10-13-18)17-21(6-2)15-11-14-20(3)4/h19H,5-17H2,1-4H3. The lowest BCUT2D eigenvalue weighted by atomic mass is 9.79. The molecule has 0 amide bonds. The van der Waals surface area contributed by atoms with Crippen LogP contribution in [0.25, 0.3) is 0 Å².